The fourth-order valence-corrected chi connectivity index (χ4v) is 4.57. The number of benzene rings is 1. The molecule has 1 saturated heterocycles. The number of aliphatic imine (C=N–C) groups is 1. The van der Waals surface area contributed by atoms with Crippen molar-refractivity contribution in [2.24, 2.45) is 12.0 Å². The van der Waals surface area contributed by atoms with Gasteiger partial charge in [0.25, 0.3) is 0 Å². The number of amides is 1. The molecule has 0 bridgehead atoms. The summed E-state index contributed by atoms with van der Waals surface area (Å²) in [6.45, 7) is 4.58. The molecule has 0 N–H and O–H groups in total. The molecule has 3 aromatic rings. The van der Waals surface area contributed by atoms with E-state index in [-0.39, 0.29) is 24.7 Å². The number of hydrogen-bond acceptors (Lipinski definition) is 5. The van der Waals surface area contributed by atoms with Gasteiger partial charge in [0.2, 0.25) is 5.91 Å². The Bertz CT molecular complexity index is 1270. The van der Waals surface area contributed by atoms with Crippen molar-refractivity contribution in [1.29, 1.82) is 0 Å². The molecule has 0 spiro atoms. The van der Waals surface area contributed by atoms with Crippen LogP contribution < -0.4 is 0 Å². The minimum absolute atomic E-state index is 0.0899. The fraction of sp³-hybridized carbons (Fsp3) is 0.348. The summed E-state index contributed by atoms with van der Waals surface area (Å²) in [6, 6.07) is 7.03. The third kappa shape index (κ3) is 3.35. The van der Waals surface area contributed by atoms with Crippen LogP contribution in [0.1, 0.15) is 47.4 Å². The predicted molar refractivity (Wildman–Crippen MR) is 120 cm³/mol. The van der Waals surface area contributed by atoms with Gasteiger partial charge in [-0.1, -0.05) is 23.7 Å². The lowest BCUT2D eigenvalue weighted by atomic mass is 10.0. The van der Waals surface area contributed by atoms with Gasteiger partial charge in [0.1, 0.15) is 11.9 Å². The number of carbonyl (C=O) groups is 2. The summed E-state index contributed by atoms with van der Waals surface area (Å²) in [5.41, 5.74) is 4.66. The van der Waals surface area contributed by atoms with Crippen molar-refractivity contribution < 1.29 is 9.59 Å². The summed E-state index contributed by atoms with van der Waals surface area (Å²) in [4.78, 5) is 31.4. The highest BCUT2D eigenvalue weighted by Crippen LogP contribution is 2.35. The van der Waals surface area contributed by atoms with E-state index in [4.69, 9.17) is 16.6 Å². The van der Waals surface area contributed by atoms with Crippen molar-refractivity contribution in [1.82, 2.24) is 24.2 Å². The first-order valence-corrected chi connectivity index (χ1v) is 10.9. The SMILES string of the molecule is Cc1c2c(cn1C)-n1c(C)nnc1C(CC(=O)N1CCC(=O)C1)N=C2c1ccc(Cl)cc1. The van der Waals surface area contributed by atoms with Gasteiger partial charge in [-0.15, -0.1) is 10.2 Å². The van der Waals surface area contributed by atoms with Crippen LogP contribution >= 0.6 is 11.6 Å². The number of Topliss-reactive ketones (excluding diaryl/α,β-unsaturated/α-hetero) is 1. The van der Waals surface area contributed by atoms with Crippen LogP contribution in [0.25, 0.3) is 5.69 Å². The Morgan fingerprint density at radius 3 is 2.62 bits per heavy atom. The van der Waals surface area contributed by atoms with Crippen LogP contribution in [0, 0.1) is 13.8 Å². The first kappa shape index (κ1) is 20.6. The molecule has 4 heterocycles. The van der Waals surface area contributed by atoms with Gasteiger partial charge in [-0.2, -0.15) is 0 Å². The maximum Gasteiger partial charge on any atom is 0.225 e. The Morgan fingerprint density at radius 2 is 1.94 bits per heavy atom. The van der Waals surface area contributed by atoms with Crippen LogP contribution in [0.4, 0.5) is 0 Å². The van der Waals surface area contributed by atoms with Crippen molar-refractivity contribution in [2.45, 2.75) is 32.7 Å². The van der Waals surface area contributed by atoms with Gasteiger partial charge in [0.05, 0.1) is 24.4 Å². The van der Waals surface area contributed by atoms with Crippen LogP contribution in [0.3, 0.4) is 0 Å². The number of hydrogen-bond donors (Lipinski definition) is 0. The minimum Gasteiger partial charge on any atom is -0.352 e. The number of likely N-dealkylation sites (tertiary alicyclic amines) is 1. The molecule has 8 nitrogen and oxygen atoms in total. The van der Waals surface area contributed by atoms with Crippen LogP contribution in [0.15, 0.2) is 35.5 Å². The highest BCUT2D eigenvalue weighted by atomic mass is 35.5. The van der Waals surface area contributed by atoms with E-state index in [0.29, 0.717) is 23.8 Å². The summed E-state index contributed by atoms with van der Waals surface area (Å²) in [5, 5.41) is 9.35. The Kier molecular flexibility index (Phi) is 4.97. The van der Waals surface area contributed by atoms with Crippen molar-refractivity contribution in [3.8, 4) is 5.69 Å². The number of nitrogens with zero attached hydrogens (tertiary/aromatic N) is 6. The maximum atomic E-state index is 13.0. The quantitative estimate of drug-likeness (QED) is 0.614. The van der Waals surface area contributed by atoms with Gasteiger partial charge in [0.15, 0.2) is 11.6 Å². The molecule has 1 aromatic carbocycles. The summed E-state index contributed by atoms with van der Waals surface area (Å²) in [5.74, 6) is 1.34. The summed E-state index contributed by atoms with van der Waals surface area (Å²) >= 11 is 6.13. The molecular weight excluding hydrogens is 428 g/mol. The van der Waals surface area contributed by atoms with E-state index in [1.165, 1.54) is 0 Å². The zero-order valence-electron chi connectivity index (χ0n) is 18.2. The summed E-state index contributed by atoms with van der Waals surface area (Å²) < 4.78 is 4.04. The maximum absolute atomic E-state index is 13.0. The summed E-state index contributed by atoms with van der Waals surface area (Å²) in [7, 11) is 1.99. The third-order valence-electron chi connectivity index (χ3n) is 6.24. The van der Waals surface area contributed by atoms with E-state index in [9.17, 15) is 9.59 Å². The first-order valence-electron chi connectivity index (χ1n) is 10.5. The molecule has 0 aliphatic carbocycles. The van der Waals surface area contributed by atoms with Gasteiger partial charge in [-0.25, -0.2) is 0 Å². The molecule has 0 radical (unpaired) electrons. The topological polar surface area (TPSA) is 85.4 Å². The standard InChI is InChI=1S/C23H23ClN6O2/c1-13-21-19(12-28(13)3)30-14(2)26-27-23(30)18(10-20(32)29-9-8-17(31)11-29)25-22(21)15-4-6-16(24)7-5-15/h4-7,12,18H,8-11H2,1-3H3. The second-order valence-electron chi connectivity index (χ2n) is 8.33. The van der Waals surface area contributed by atoms with E-state index in [2.05, 4.69) is 14.8 Å². The predicted octanol–water partition coefficient (Wildman–Crippen LogP) is 2.96. The number of aryl methyl sites for hydroxylation is 2. The molecule has 5 rings (SSSR count). The molecule has 1 atom stereocenters. The normalized spacial score (nSPS) is 17.8. The number of aromatic nitrogens is 4. The second-order valence-corrected chi connectivity index (χ2v) is 8.77. The Labute approximate surface area is 190 Å². The number of rotatable bonds is 3. The number of carbonyl (C=O) groups excluding carboxylic acids is 2. The molecule has 2 aliphatic rings. The highest BCUT2D eigenvalue weighted by molar-refractivity contribution is 6.30. The molecule has 1 unspecified atom stereocenters. The highest BCUT2D eigenvalue weighted by Gasteiger charge is 2.34. The number of fused-ring (bicyclic) bond motifs is 3. The molecular formula is C23H23ClN6O2. The smallest absolute Gasteiger partial charge is 0.225 e. The monoisotopic (exact) mass is 450 g/mol. The Hall–Kier alpha value is -3.26. The molecule has 32 heavy (non-hydrogen) atoms. The van der Waals surface area contributed by atoms with Crippen molar-refractivity contribution in [2.75, 3.05) is 13.1 Å². The van der Waals surface area contributed by atoms with Gasteiger partial charge in [-0.3, -0.25) is 19.1 Å². The zero-order chi connectivity index (χ0) is 22.6. The Morgan fingerprint density at radius 1 is 1.19 bits per heavy atom. The molecule has 1 amide bonds. The molecule has 2 aliphatic heterocycles. The summed E-state index contributed by atoms with van der Waals surface area (Å²) in [6.07, 6.45) is 2.58. The van der Waals surface area contributed by atoms with Crippen molar-refractivity contribution in [3.63, 3.8) is 0 Å². The molecule has 2 aromatic heterocycles. The lowest BCUT2D eigenvalue weighted by Crippen LogP contribution is -2.30. The van der Waals surface area contributed by atoms with Crippen LogP contribution in [-0.2, 0) is 16.6 Å². The van der Waals surface area contributed by atoms with Gasteiger partial charge in [0, 0.05) is 48.1 Å². The van der Waals surface area contributed by atoms with E-state index in [1.807, 2.05) is 55.9 Å². The molecule has 164 valence electrons. The van der Waals surface area contributed by atoms with E-state index in [0.717, 1.165) is 34.0 Å². The molecule has 1 fully saturated rings. The van der Waals surface area contributed by atoms with Crippen molar-refractivity contribution >= 4 is 29.0 Å². The van der Waals surface area contributed by atoms with Crippen LogP contribution in [-0.4, -0.2) is 54.7 Å². The largest absolute Gasteiger partial charge is 0.352 e. The Balaban J connectivity index is 1.67. The number of halogens is 1. The number of ketones is 1. The van der Waals surface area contributed by atoms with Crippen molar-refractivity contribution in [3.05, 3.63) is 64.0 Å². The average molecular weight is 451 g/mol. The van der Waals surface area contributed by atoms with E-state index >= 15 is 0 Å². The van der Waals surface area contributed by atoms with E-state index in [1.54, 1.807) is 4.90 Å². The van der Waals surface area contributed by atoms with Gasteiger partial charge < -0.3 is 9.47 Å². The third-order valence-corrected chi connectivity index (χ3v) is 6.49. The average Bonchev–Trinajstić information content (AvgIpc) is 3.42. The second kappa shape index (κ2) is 7.70. The van der Waals surface area contributed by atoms with Crippen LogP contribution in [0.2, 0.25) is 5.02 Å². The molecule has 9 heteroatoms. The lowest BCUT2D eigenvalue weighted by molar-refractivity contribution is -0.132. The van der Waals surface area contributed by atoms with E-state index < -0.39 is 6.04 Å². The lowest BCUT2D eigenvalue weighted by Gasteiger charge is -2.18. The fourth-order valence-electron chi connectivity index (χ4n) is 4.44. The molecule has 0 saturated carbocycles. The van der Waals surface area contributed by atoms with Gasteiger partial charge >= 0.3 is 0 Å². The van der Waals surface area contributed by atoms with Gasteiger partial charge in [-0.05, 0) is 26.0 Å². The minimum atomic E-state index is -0.526. The zero-order valence-corrected chi connectivity index (χ0v) is 18.9. The van der Waals surface area contributed by atoms with Crippen LogP contribution in [0.5, 0.6) is 0 Å². The first-order chi connectivity index (χ1) is 15.3.